The molecule has 0 aromatic heterocycles. The summed E-state index contributed by atoms with van der Waals surface area (Å²) < 4.78 is 0. The average molecular weight is 399 g/mol. The van der Waals surface area contributed by atoms with Crippen molar-refractivity contribution in [2.24, 2.45) is 11.3 Å². The summed E-state index contributed by atoms with van der Waals surface area (Å²) in [6.45, 7) is 2.61. The number of nitrogens with one attached hydrogen (secondary N) is 2. The van der Waals surface area contributed by atoms with Gasteiger partial charge in [0.15, 0.2) is 0 Å². The van der Waals surface area contributed by atoms with E-state index in [1.165, 1.54) is 0 Å². The third kappa shape index (κ3) is 3.70. The Balaban J connectivity index is 1.40. The van der Waals surface area contributed by atoms with Crippen molar-refractivity contribution in [3.8, 4) is 0 Å². The largest absolute Gasteiger partial charge is 0.481 e. The lowest BCUT2D eigenvalue weighted by Gasteiger charge is -2.23. The summed E-state index contributed by atoms with van der Waals surface area (Å²) in [6, 6.07) is 5.26. The first-order valence-corrected chi connectivity index (χ1v) is 10.6. The Morgan fingerprint density at radius 3 is 2.55 bits per heavy atom. The quantitative estimate of drug-likeness (QED) is 0.723. The Morgan fingerprint density at radius 2 is 1.90 bits per heavy atom. The van der Waals surface area contributed by atoms with Crippen molar-refractivity contribution in [1.29, 1.82) is 0 Å². The fourth-order valence-corrected chi connectivity index (χ4v) is 5.27. The minimum atomic E-state index is -0.788. The van der Waals surface area contributed by atoms with Crippen molar-refractivity contribution < 1.29 is 19.5 Å². The second-order valence-electron chi connectivity index (χ2n) is 8.85. The molecule has 2 aliphatic carbocycles. The zero-order chi connectivity index (χ0) is 20.6. The summed E-state index contributed by atoms with van der Waals surface area (Å²) in [6.07, 6.45) is 6.81. The van der Waals surface area contributed by atoms with Gasteiger partial charge in [-0.25, -0.2) is 4.79 Å². The smallest absolute Gasteiger partial charge is 0.321 e. The van der Waals surface area contributed by atoms with E-state index in [0.29, 0.717) is 24.2 Å². The van der Waals surface area contributed by atoms with Crippen molar-refractivity contribution in [2.45, 2.75) is 57.9 Å². The van der Waals surface area contributed by atoms with Crippen LogP contribution in [-0.4, -0.2) is 47.0 Å². The molecule has 0 unspecified atom stereocenters. The fourth-order valence-electron chi connectivity index (χ4n) is 5.27. The minimum absolute atomic E-state index is 0.0357. The van der Waals surface area contributed by atoms with Crippen LogP contribution < -0.4 is 10.6 Å². The molecule has 156 valence electrons. The molecule has 1 aliphatic heterocycles. The molecule has 1 aromatic rings. The Bertz CT molecular complexity index is 833. The van der Waals surface area contributed by atoms with Crippen LogP contribution >= 0.6 is 0 Å². The number of likely N-dealkylation sites (tertiary alicyclic amines) is 1. The van der Waals surface area contributed by atoms with Gasteiger partial charge in [0.1, 0.15) is 0 Å². The Hall–Kier alpha value is -2.57. The Labute approximate surface area is 170 Å². The van der Waals surface area contributed by atoms with Crippen LogP contribution in [0.5, 0.6) is 0 Å². The van der Waals surface area contributed by atoms with Gasteiger partial charge in [0, 0.05) is 30.4 Å². The zero-order valence-corrected chi connectivity index (χ0v) is 16.9. The molecule has 0 radical (unpaired) electrons. The van der Waals surface area contributed by atoms with E-state index in [1.54, 1.807) is 23.1 Å². The van der Waals surface area contributed by atoms with Gasteiger partial charge < -0.3 is 20.6 Å². The van der Waals surface area contributed by atoms with Crippen molar-refractivity contribution in [1.82, 2.24) is 10.2 Å². The number of hydrogen-bond donors (Lipinski definition) is 3. The highest BCUT2D eigenvalue weighted by molar-refractivity contribution is 5.96. The van der Waals surface area contributed by atoms with Crippen LogP contribution in [0, 0.1) is 18.3 Å². The number of nitrogens with zero attached hydrogens (tertiary/aromatic N) is 1. The highest BCUT2D eigenvalue weighted by atomic mass is 16.4. The predicted octanol–water partition coefficient (Wildman–Crippen LogP) is 3.39. The number of carboxylic acids is 1. The second kappa shape index (κ2) is 7.69. The number of fused-ring (bicyclic) bond motifs is 1. The first-order valence-electron chi connectivity index (χ1n) is 10.6. The molecule has 0 bridgehead atoms. The van der Waals surface area contributed by atoms with Crippen LogP contribution in [0.25, 0.3) is 0 Å². The molecule has 4 rings (SSSR count). The van der Waals surface area contributed by atoms with Gasteiger partial charge in [-0.15, -0.1) is 0 Å². The van der Waals surface area contributed by atoms with Crippen LogP contribution in [0.1, 0.15) is 60.9 Å². The maximum Gasteiger partial charge on any atom is 0.321 e. The summed E-state index contributed by atoms with van der Waals surface area (Å²) >= 11 is 0. The van der Waals surface area contributed by atoms with E-state index in [4.69, 9.17) is 0 Å². The van der Waals surface area contributed by atoms with Gasteiger partial charge in [-0.3, -0.25) is 9.59 Å². The topological polar surface area (TPSA) is 98.7 Å². The van der Waals surface area contributed by atoms with E-state index in [1.807, 2.05) is 6.92 Å². The summed E-state index contributed by atoms with van der Waals surface area (Å²) in [5.41, 5.74) is 1.26. The number of hydrogen-bond acceptors (Lipinski definition) is 3. The molecule has 7 nitrogen and oxygen atoms in total. The standard InChI is InChI=1S/C22H29N3O4/c1-14-11-15(19(26)23-17-6-2-3-7-17)8-9-18(14)24-21(29)25-12-16-5-4-10-22(16,13-25)20(27)28/h8-9,11,16-17H,2-7,10,12-13H2,1H3,(H,23,26)(H,24,29)(H,27,28)/t16-,22+/m0/s1. The Kier molecular flexibility index (Phi) is 5.23. The molecule has 29 heavy (non-hydrogen) atoms. The summed E-state index contributed by atoms with van der Waals surface area (Å²) in [5, 5.41) is 15.7. The number of benzene rings is 1. The first-order chi connectivity index (χ1) is 13.9. The first kappa shape index (κ1) is 19.7. The van der Waals surface area contributed by atoms with E-state index < -0.39 is 11.4 Å². The molecular weight excluding hydrogens is 370 g/mol. The molecule has 3 aliphatic rings. The molecule has 3 amide bonds. The maximum absolute atomic E-state index is 12.8. The third-order valence-electron chi connectivity index (χ3n) is 7.00. The van der Waals surface area contributed by atoms with E-state index in [0.717, 1.165) is 44.1 Å². The van der Waals surface area contributed by atoms with E-state index in [9.17, 15) is 19.5 Å². The summed E-state index contributed by atoms with van der Waals surface area (Å²) in [7, 11) is 0. The predicted molar refractivity (Wildman–Crippen MR) is 109 cm³/mol. The van der Waals surface area contributed by atoms with Crippen LogP contribution in [-0.2, 0) is 4.79 Å². The van der Waals surface area contributed by atoms with E-state index >= 15 is 0 Å². The minimum Gasteiger partial charge on any atom is -0.481 e. The number of anilines is 1. The fraction of sp³-hybridized carbons (Fsp3) is 0.591. The van der Waals surface area contributed by atoms with E-state index in [-0.39, 0.29) is 30.4 Å². The number of aliphatic carboxylic acids is 1. The van der Waals surface area contributed by atoms with Gasteiger partial charge >= 0.3 is 12.0 Å². The van der Waals surface area contributed by atoms with Crippen LogP contribution in [0.2, 0.25) is 0 Å². The maximum atomic E-state index is 12.8. The molecule has 1 aromatic carbocycles. The summed E-state index contributed by atoms with van der Waals surface area (Å²) in [4.78, 5) is 38.6. The average Bonchev–Trinajstić information content (AvgIpc) is 3.38. The van der Waals surface area contributed by atoms with Crippen molar-refractivity contribution in [3.05, 3.63) is 29.3 Å². The third-order valence-corrected chi connectivity index (χ3v) is 7.00. The molecule has 2 atom stereocenters. The van der Waals surface area contributed by atoms with Gasteiger partial charge in [0.25, 0.3) is 5.91 Å². The number of carbonyl (C=O) groups excluding carboxylic acids is 2. The van der Waals surface area contributed by atoms with Gasteiger partial charge in [-0.1, -0.05) is 19.3 Å². The van der Waals surface area contributed by atoms with Crippen LogP contribution in [0.15, 0.2) is 18.2 Å². The van der Waals surface area contributed by atoms with Gasteiger partial charge in [0.2, 0.25) is 0 Å². The highest BCUT2D eigenvalue weighted by Crippen LogP contribution is 2.49. The molecule has 1 saturated heterocycles. The van der Waals surface area contributed by atoms with Crippen molar-refractivity contribution in [2.75, 3.05) is 18.4 Å². The number of carbonyl (C=O) groups is 3. The van der Waals surface area contributed by atoms with Gasteiger partial charge in [0.05, 0.1) is 5.41 Å². The number of aryl methyl sites for hydroxylation is 1. The lowest BCUT2D eigenvalue weighted by atomic mass is 9.81. The number of amides is 3. The SMILES string of the molecule is Cc1cc(C(=O)NC2CCCC2)ccc1NC(=O)N1C[C@@H]2CCC[C@@]2(C(=O)O)C1. The molecule has 7 heteroatoms. The van der Waals surface area contributed by atoms with Crippen molar-refractivity contribution >= 4 is 23.6 Å². The Morgan fingerprint density at radius 1 is 1.14 bits per heavy atom. The number of urea groups is 1. The normalized spacial score (nSPS) is 26.4. The lowest BCUT2D eigenvalue weighted by molar-refractivity contribution is -0.149. The van der Waals surface area contributed by atoms with E-state index in [2.05, 4.69) is 10.6 Å². The number of rotatable bonds is 4. The second-order valence-corrected chi connectivity index (χ2v) is 8.85. The monoisotopic (exact) mass is 399 g/mol. The van der Waals surface area contributed by atoms with Crippen LogP contribution in [0.3, 0.4) is 0 Å². The molecule has 3 fully saturated rings. The molecule has 2 saturated carbocycles. The molecule has 3 N–H and O–H groups in total. The van der Waals surface area contributed by atoms with Crippen molar-refractivity contribution in [3.63, 3.8) is 0 Å². The van der Waals surface area contributed by atoms with Gasteiger partial charge in [-0.2, -0.15) is 0 Å². The molecule has 0 spiro atoms. The zero-order valence-electron chi connectivity index (χ0n) is 16.9. The summed E-state index contributed by atoms with van der Waals surface area (Å²) in [5.74, 6) is -0.828. The van der Waals surface area contributed by atoms with Crippen LogP contribution in [0.4, 0.5) is 10.5 Å². The number of carboxylic acid groups (broad SMARTS) is 1. The van der Waals surface area contributed by atoms with Gasteiger partial charge in [-0.05, 0) is 62.3 Å². The molecule has 1 heterocycles. The molecular formula is C22H29N3O4. The highest BCUT2D eigenvalue weighted by Gasteiger charge is 2.55. The lowest BCUT2D eigenvalue weighted by Crippen LogP contribution is -2.38.